The van der Waals surface area contributed by atoms with E-state index in [-0.39, 0.29) is 12.0 Å². The molecule has 0 saturated carbocycles. The second-order valence-electron chi connectivity index (χ2n) is 11.7. The van der Waals surface area contributed by atoms with Gasteiger partial charge in [-0.1, -0.05) is 115 Å². The largest absolute Gasteiger partial charge is 0.455 e. The molecular weight excluding hydrogens is 482 g/mol. The Bertz CT molecular complexity index is 894. The van der Waals surface area contributed by atoms with Gasteiger partial charge in [-0.3, -0.25) is 0 Å². The van der Waals surface area contributed by atoms with E-state index in [0.29, 0.717) is 10.9 Å². The van der Waals surface area contributed by atoms with E-state index < -0.39 is 6.29 Å². The first-order valence-corrected chi connectivity index (χ1v) is 15.7. The lowest BCUT2D eigenvalue weighted by Gasteiger charge is -2.37. The van der Waals surface area contributed by atoms with Crippen molar-refractivity contribution in [1.29, 1.82) is 0 Å². The highest BCUT2D eigenvalue weighted by molar-refractivity contribution is 5.74. The van der Waals surface area contributed by atoms with E-state index in [1.54, 1.807) is 0 Å². The predicted molar refractivity (Wildman–Crippen MR) is 164 cm³/mol. The number of aryl methyl sites for hydroxylation is 1. The van der Waals surface area contributed by atoms with Gasteiger partial charge in [0.05, 0.1) is 14.1 Å². The minimum Gasteiger partial charge on any atom is -0.455 e. The van der Waals surface area contributed by atoms with Crippen LogP contribution in [0.2, 0.25) is 0 Å². The molecule has 0 bridgehead atoms. The maximum Gasteiger partial charge on any atom is 0.368 e. The van der Waals surface area contributed by atoms with E-state index in [1.807, 2.05) is 18.2 Å². The molecule has 0 saturated heterocycles. The van der Waals surface area contributed by atoms with E-state index in [0.717, 1.165) is 38.0 Å². The van der Waals surface area contributed by atoms with Crippen LogP contribution in [0.3, 0.4) is 0 Å². The molecule has 0 aliphatic rings. The first-order chi connectivity index (χ1) is 18.9. The first-order valence-electron chi connectivity index (χ1n) is 15.7. The van der Waals surface area contributed by atoms with Gasteiger partial charge in [0.25, 0.3) is 0 Å². The highest BCUT2D eigenvalue weighted by Crippen LogP contribution is 2.23. The Morgan fingerprint density at radius 1 is 0.692 bits per heavy atom. The molecule has 4 heteroatoms. The second-order valence-corrected chi connectivity index (χ2v) is 11.7. The zero-order chi connectivity index (χ0) is 28.3. The quantitative estimate of drug-likeness (QED) is 0.0687. The van der Waals surface area contributed by atoms with Crippen molar-refractivity contribution in [2.24, 2.45) is 0 Å². The van der Waals surface area contributed by atoms with E-state index in [4.69, 9.17) is 9.47 Å². The molecule has 2 aromatic rings. The first kappa shape index (κ1) is 32.9. The Morgan fingerprint density at radius 2 is 1.28 bits per heavy atom. The average Bonchev–Trinajstić information content (AvgIpc) is 2.92. The summed E-state index contributed by atoms with van der Waals surface area (Å²) in [5.41, 5.74) is 2.57. The summed E-state index contributed by atoms with van der Waals surface area (Å²) >= 11 is 0. The molecule has 0 aliphatic carbocycles. The van der Waals surface area contributed by atoms with Gasteiger partial charge >= 0.3 is 5.97 Å². The van der Waals surface area contributed by atoms with Crippen molar-refractivity contribution in [1.82, 2.24) is 0 Å². The number of carbonyl (C=O) groups is 1. The molecule has 0 fully saturated rings. The number of quaternary nitrogens is 1. The van der Waals surface area contributed by atoms with E-state index in [1.165, 1.54) is 68.9 Å². The maximum absolute atomic E-state index is 13.4. The third-order valence-electron chi connectivity index (χ3n) is 7.64. The van der Waals surface area contributed by atoms with Gasteiger partial charge in [-0.05, 0) is 43.4 Å². The van der Waals surface area contributed by atoms with Gasteiger partial charge in [-0.25, -0.2) is 4.79 Å². The molecule has 0 aliphatic heterocycles. The molecule has 0 aromatic heterocycles. The highest BCUT2D eigenvalue weighted by Gasteiger charge is 2.37. The predicted octanol–water partition coefficient (Wildman–Crippen LogP) is 9.25. The molecule has 2 atom stereocenters. The van der Waals surface area contributed by atoms with E-state index in [9.17, 15) is 4.79 Å². The van der Waals surface area contributed by atoms with Crippen molar-refractivity contribution in [3.63, 3.8) is 0 Å². The summed E-state index contributed by atoms with van der Waals surface area (Å²) in [7, 11) is 4.24. The van der Waals surface area contributed by atoms with E-state index >= 15 is 0 Å². The second kappa shape index (κ2) is 18.9. The number of rotatable bonds is 21. The molecule has 4 nitrogen and oxygen atoms in total. The van der Waals surface area contributed by atoms with Gasteiger partial charge in [0.1, 0.15) is 12.3 Å². The smallest absolute Gasteiger partial charge is 0.368 e. The number of unbranched alkanes of at least 4 members (excludes halogenated alkanes) is 8. The standard InChI is InChI=1S/C35H56NO3/c1-6-9-10-11-12-13-14-15-17-22-30-25-27-32(28-26-30)38-34(21-8-3)39-35(37)33(20-7-2)36(4,5)29-31-23-18-16-19-24-31/h16,18-19,23-28,33-34H,6-15,17,20-22,29H2,1-5H3/q+1. The summed E-state index contributed by atoms with van der Waals surface area (Å²) in [6.45, 7) is 7.27. The number of likely N-dealkylation sites (N-methyl/N-ethyl adjacent to an activating group) is 1. The topological polar surface area (TPSA) is 35.5 Å². The van der Waals surface area contributed by atoms with Crippen LogP contribution < -0.4 is 4.74 Å². The molecule has 2 aromatic carbocycles. The van der Waals surface area contributed by atoms with Gasteiger partial charge in [0.2, 0.25) is 6.29 Å². The molecule has 2 unspecified atom stereocenters. The molecule has 0 heterocycles. The number of benzene rings is 2. The summed E-state index contributed by atoms with van der Waals surface area (Å²) in [6, 6.07) is 18.5. The van der Waals surface area contributed by atoms with Gasteiger partial charge in [0, 0.05) is 18.4 Å². The summed E-state index contributed by atoms with van der Waals surface area (Å²) < 4.78 is 12.8. The normalized spacial score (nSPS) is 13.2. The van der Waals surface area contributed by atoms with Crippen molar-refractivity contribution in [3.8, 4) is 5.75 Å². The van der Waals surface area contributed by atoms with Crippen LogP contribution in [-0.2, 0) is 22.5 Å². The Labute approximate surface area is 239 Å². The molecule has 0 radical (unpaired) electrons. The zero-order valence-electron chi connectivity index (χ0n) is 25.6. The van der Waals surface area contributed by atoms with Crippen LogP contribution in [0.15, 0.2) is 54.6 Å². The summed E-state index contributed by atoms with van der Waals surface area (Å²) in [4.78, 5) is 13.4. The SMILES string of the molecule is CCCCCCCCCCCc1ccc(OC(CCC)OC(=O)C(CCC)[N+](C)(C)Cc2ccccc2)cc1. The van der Waals surface area contributed by atoms with Gasteiger partial charge in [0.15, 0.2) is 6.04 Å². The molecule has 39 heavy (non-hydrogen) atoms. The average molecular weight is 539 g/mol. The van der Waals surface area contributed by atoms with Crippen molar-refractivity contribution in [2.45, 2.75) is 130 Å². The van der Waals surface area contributed by atoms with Gasteiger partial charge < -0.3 is 14.0 Å². The Kier molecular flexibility index (Phi) is 15.9. The fourth-order valence-electron chi connectivity index (χ4n) is 5.30. The Morgan fingerprint density at radius 3 is 1.87 bits per heavy atom. The van der Waals surface area contributed by atoms with Crippen molar-refractivity contribution < 1.29 is 18.8 Å². The minimum atomic E-state index is -0.568. The molecule has 2 rings (SSSR count). The number of hydrogen-bond acceptors (Lipinski definition) is 3. The van der Waals surface area contributed by atoms with Crippen LogP contribution in [0.4, 0.5) is 0 Å². The van der Waals surface area contributed by atoms with Gasteiger partial charge in [-0.2, -0.15) is 0 Å². The maximum atomic E-state index is 13.4. The third-order valence-corrected chi connectivity index (χ3v) is 7.64. The van der Waals surface area contributed by atoms with Crippen LogP contribution in [0.25, 0.3) is 0 Å². The molecule has 0 N–H and O–H groups in total. The number of esters is 1. The van der Waals surface area contributed by atoms with Gasteiger partial charge in [-0.15, -0.1) is 0 Å². The molecule has 0 amide bonds. The molecule has 0 spiro atoms. The number of nitrogens with zero attached hydrogens (tertiary/aromatic N) is 1. The van der Waals surface area contributed by atoms with Crippen molar-refractivity contribution in [3.05, 3.63) is 65.7 Å². The summed E-state index contributed by atoms with van der Waals surface area (Å²) in [6.07, 6.45) is 15.9. The lowest BCUT2D eigenvalue weighted by molar-refractivity contribution is -0.920. The lowest BCUT2D eigenvalue weighted by Crippen LogP contribution is -2.53. The monoisotopic (exact) mass is 538 g/mol. The Balaban J connectivity index is 1.86. The zero-order valence-corrected chi connectivity index (χ0v) is 25.6. The summed E-state index contributed by atoms with van der Waals surface area (Å²) in [5.74, 6) is 0.598. The fraction of sp³-hybridized carbons (Fsp3) is 0.629. The molecular formula is C35H56NO3+. The summed E-state index contributed by atoms with van der Waals surface area (Å²) in [5, 5.41) is 0. The number of hydrogen-bond donors (Lipinski definition) is 0. The van der Waals surface area contributed by atoms with Crippen LogP contribution in [-0.4, -0.2) is 36.9 Å². The van der Waals surface area contributed by atoms with E-state index in [2.05, 4.69) is 71.3 Å². The fourth-order valence-corrected chi connectivity index (χ4v) is 5.30. The van der Waals surface area contributed by atoms with Crippen molar-refractivity contribution >= 4 is 5.97 Å². The minimum absolute atomic E-state index is 0.168. The highest BCUT2D eigenvalue weighted by atomic mass is 16.7. The van der Waals surface area contributed by atoms with Crippen LogP contribution in [0, 0.1) is 0 Å². The molecule has 218 valence electrons. The number of ether oxygens (including phenoxy) is 2. The van der Waals surface area contributed by atoms with Crippen LogP contribution in [0.5, 0.6) is 5.75 Å². The van der Waals surface area contributed by atoms with Crippen LogP contribution >= 0.6 is 0 Å². The number of carbonyl (C=O) groups excluding carboxylic acids is 1. The lowest BCUT2D eigenvalue weighted by atomic mass is 10.0. The van der Waals surface area contributed by atoms with Crippen molar-refractivity contribution in [2.75, 3.05) is 14.1 Å². The Hall–Kier alpha value is -2.33. The van der Waals surface area contributed by atoms with Crippen LogP contribution in [0.1, 0.15) is 115 Å². The third kappa shape index (κ3) is 13.0.